The Hall–Kier alpha value is -0.820. The molecule has 1 aromatic carbocycles. The zero-order valence-electron chi connectivity index (χ0n) is 14.8. The minimum absolute atomic E-state index is 0.427. The van der Waals surface area contributed by atoms with Crippen LogP contribution in [0, 0.1) is 5.41 Å². The molecule has 0 aliphatic carbocycles. The van der Waals surface area contributed by atoms with Crippen LogP contribution < -0.4 is 5.32 Å². The molecule has 21 heavy (non-hydrogen) atoms. The summed E-state index contributed by atoms with van der Waals surface area (Å²) in [6.45, 7) is 13.9. The molecule has 1 aromatic rings. The lowest BCUT2D eigenvalue weighted by molar-refractivity contribution is 0.302. The number of hydrogen-bond donors (Lipinski definition) is 1. The van der Waals surface area contributed by atoms with E-state index in [0.717, 1.165) is 13.1 Å². The molecule has 0 heterocycles. The maximum atomic E-state index is 3.52. The molecule has 0 aliphatic rings. The van der Waals surface area contributed by atoms with Crippen molar-refractivity contribution in [2.75, 3.05) is 13.1 Å². The number of benzene rings is 1. The third-order valence-electron chi connectivity index (χ3n) is 4.66. The summed E-state index contributed by atoms with van der Waals surface area (Å²) in [5.41, 5.74) is 3.39. The Balaban J connectivity index is 2.39. The smallest absolute Gasteiger partial charge is 0.00438 e. The predicted octanol–water partition coefficient (Wildman–Crippen LogP) is 5.55. The van der Waals surface area contributed by atoms with Gasteiger partial charge in [-0.2, -0.15) is 0 Å². The molecule has 0 saturated carbocycles. The molecule has 120 valence electrons. The molecule has 1 heteroatoms. The van der Waals surface area contributed by atoms with E-state index in [-0.39, 0.29) is 0 Å². The molecule has 0 radical (unpaired) electrons. The van der Waals surface area contributed by atoms with Crippen LogP contribution in [0.2, 0.25) is 0 Å². The Labute approximate surface area is 132 Å². The average molecular weight is 290 g/mol. The molecule has 0 bridgehead atoms. The lowest BCUT2D eigenvalue weighted by Gasteiger charge is -2.25. The number of nitrogens with one attached hydrogen (secondary N) is 1. The van der Waals surface area contributed by atoms with Crippen LogP contribution in [0.15, 0.2) is 24.3 Å². The highest BCUT2D eigenvalue weighted by molar-refractivity contribution is 5.25. The zero-order valence-corrected chi connectivity index (χ0v) is 14.8. The van der Waals surface area contributed by atoms with E-state index in [9.17, 15) is 0 Å². The van der Waals surface area contributed by atoms with Crippen molar-refractivity contribution < 1.29 is 0 Å². The van der Waals surface area contributed by atoms with Crippen LogP contribution in [0.1, 0.15) is 77.3 Å². The lowest BCUT2D eigenvalue weighted by Crippen LogP contribution is -2.23. The van der Waals surface area contributed by atoms with Crippen molar-refractivity contribution in [3.8, 4) is 0 Å². The van der Waals surface area contributed by atoms with Crippen LogP contribution in [-0.4, -0.2) is 13.1 Å². The molecule has 1 unspecified atom stereocenters. The largest absolute Gasteiger partial charge is 0.317 e. The summed E-state index contributed by atoms with van der Waals surface area (Å²) in [4.78, 5) is 0. The van der Waals surface area contributed by atoms with Gasteiger partial charge < -0.3 is 5.32 Å². The molecular weight excluding hydrogens is 254 g/mol. The van der Waals surface area contributed by atoms with Crippen LogP contribution in [0.4, 0.5) is 0 Å². The van der Waals surface area contributed by atoms with Gasteiger partial charge in [-0.25, -0.2) is 0 Å². The molecule has 1 N–H and O–H groups in total. The van der Waals surface area contributed by atoms with Gasteiger partial charge >= 0.3 is 0 Å². The van der Waals surface area contributed by atoms with Gasteiger partial charge in [0.2, 0.25) is 0 Å². The summed E-state index contributed by atoms with van der Waals surface area (Å²) < 4.78 is 0. The predicted molar refractivity (Wildman–Crippen MR) is 95.0 cm³/mol. The zero-order chi connectivity index (χ0) is 15.7. The summed E-state index contributed by atoms with van der Waals surface area (Å²) in [5, 5.41) is 3.52. The van der Waals surface area contributed by atoms with E-state index >= 15 is 0 Å². The first-order chi connectivity index (χ1) is 9.98. The van der Waals surface area contributed by atoms with Crippen LogP contribution >= 0.6 is 0 Å². The monoisotopic (exact) mass is 289 g/mol. The van der Waals surface area contributed by atoms with E-state index in [1.165, 1.54) is 43.2 Å². The second-order valence-electron chi connectivity index (χ2n) is 7.22. The summed E-state index contributed by atoms with van der Waals surface area (Å²) in [6.07, 6.45) is 6.17. The number of aryl methyl sites for hydroxylation is 1. The Bertz CT molecular complexity index is 377. The number of hydrogen-bond acceptors (Lipinski definition) is 1. The topological polar surface area (TPSA) is 12.0 Å². The Morgan fingerprint density at radius 3 is 2.24 bits per heavy atom. The first kappa shape index (κ1) is 18.2. The minimum atomic E-state index is 0.427. The SMILES string of the molecule is CCCNCCC(C)(C)CCc1ccc(C(C)CC)cc1. The highest BCUT2D eigenvalue weighted by atomic mass is 14.8. The molecule has 0 fully saturated rings. The second kappa shape index (κ2) is 9.25. The van der Waals surface area contributed by atoms with Crippen molar-refractivity contribution in [2.45, 2.75) is 72.6 Å². The standard InChI is InChI=1S/C20H35N/c1-6-15-21-16-14-20(4,5)13-12-18-8-10-19(11-9-18)17(3)7-2/h8-11,17,21H,6-7,12-16H2,1-5H3. The van der Waals surface area contributed by atoms with E-state index in [1.807, 2.05) is 0 Å². The van der Waals surface area contributed by atoms with Gasteiger partial charge in [0.25, 0.3) is 0 Å². The molecule has 0 amide bonds. The van der Waals surface area contributed by atoms with Gasteiger partial charge in [-0.3, -0.25) is 0 Å². The Morgan fingerprint density at radius 2 is 1.67 bits per heavy atom. The van der Waals surface area contributed by atoms with Crippen LogP contribution in [0.25, 0.3) is 0 Å². The van der Waals surface area contributed by atoms with Gasteiger partial charge in [-0.15, -0.1) is 0 Å². The van der Waals surface area contributed by atoms with Gasteiger partial charge in [0.05, 0.1) is 0 Å². The minimum Gasteiger partial charge on any atom is -0.317 e. The fraction of sp³-hybridized carbons (Fsp3) is 0.700. The van der Waals surface area contributed by atoms with Gasteiger partial charge in [0.1, 0.15) is 0 Å². The molecule has 1 nitrogen and oxygen atoms in total. The fourth-order valence-electron chi connectivity index (χ4n) is 2.58. The molecule has 1 rings (SSSR count). The van der Waals surface area contributed by atoms with Gasteiger partial charge in [0.15, 0.2) is 0 Å². The number of rotatable bonds is 10. The second-order valence-corrected chi connectivity index (χ2v) is 7.22. The third kappa shape index (κ3) is 7.13. The van der Waals surface area contributed by atoms with Crippen molar-refractivity contribution in [1.82, 2.24) is 5.32 Å². The first-order valence-electron chi connectivity index (χ1n) is 8.78. The van der Waals surface area contributed by atoms with Crippen LogP contribution in [0.5, 0.6) is 0 Å². The van der Waals surface area contributed by atoms with Crippen molar-refractivity contribution in [2.24, 2.45) is 5.41 Å². The molecule has 0 spiro atoms. The van der Waals surface area contributed by atoms with E-state index < -0.39 is 0 Å². The summed E-state index contributed by atoms with van der Waals surface area (Å²) >= 11 is 0. The summed E-state index contributed by atoms with van der Waals surface area (Å²) in [7, 11) is 0. The molecule has 0 aromatic heterocycles. The molecule has 1 atom stereocenters. The third-order valence-corrected chi connectivity index (χ3v) is 4.66. The maximum absolute atomic E-state index is 3.52. The highest BCUT2D eigenvalue weighted by Gasteiger charge is 2.17. The van der Waals surface area contributed by atoms with Crippen LogP contribution in [0.3, 0.4) is 0 Å². The van der Waals surface area contributed by atoms with Gasteiger partial charge in [-0.05, 0) is 67.7 Å². The van der Waals surface area contributed by atoms with Crippen LogP contribution in [-0.2, 0) is 6.42 Å². The van der Waals surface area contributed by atoms with E-state index in [2.05, 4.69) is 64.2 Å². The van der Waals surface area contributed by atoms with Crippen molar-refractivity contribution in [3.05, 3.63) is 35.4 Å². The molecule has 0 saturated heterocycles. The Morgan fingerprint density at radius 1 is 1.00 bits per heavy atom. The maximum Gasteiger partial charge on any atom is -0.00438 e. The molecule has 0 aliphatic heterocycles. The van der Waals surface area contributed by atoms with Crippen molar-refractivity contribution in [3.63, 3.8) is 0 Å². The summed E-state index contributed by atoms with van der Waals surface area (Å²) in [5.74, 6) is 0.681. The van der Waals surface area contributed by atoms with Crippen molar-refractivity contribution >= 4 is 0 Å². The quantitative estimate of drug-likeness (QED) is 0.557. The van der Waals surface area contributed by atoms with Gasteiger partial charge in [-0.1, -0.05) is 58.9 Å². The van der Waals surface area contributed by atoms with Crippen molar-refractivity contribution in [1.29, 1.82) is 0 Å². The first-order valence-corrected chi connectivity index (χ1v) is 8.78. The summed E-state index contributed by atoms with van der Waals surface area (Å²) in [6, 6.07) is 9.29. The lowest BCUT2D eigenvalue weighted by atomic mass is 9.83. The van der Waals surface area contributed by atoms with Gasteiger partial charge in [0, 0.05) is 0 Å². The van der Waals surface area contributed by atoms with E-state index in [0.29, 0.717) is 11.3 Å². The average Bonchev–Trinajstić information content (AvgIpc) is 2.49. The van der Waals surface area contributed by atoms with E-state index in [4.69, 9.17) is 0 Å². The highest BCUT2D eigenvalue weighted by Crippen LogP contribution is 2.27. The Kier molecular flexibility index (Phi) is 8.03. The normalized spacial score (nSPS) is 13.4. The van der Waals surface area contributed by atoms with E-state index in [1.54, 1.807) is 0 Å². The molecular formula is C20H35N. The fourth-order valence-corrected chi connectivity index (χ4v) is 2.58.